The van der Waals surface area contributed by atoms with E-state index in [9.17, 15) is 9.59 Å². The van der Waals surface area contributed by atoms with E-state index in [0.717, 1.165) is 11.1 Å². The van der Waals surface area contributed by atoms with Crippen LogP contribution in [0.2, 0.25) is 10.0 Å². The van der Waals surface area contributed by atoms with Gasteiger partial charge in [0.25, 0.3) is 0 Å². The second kappa shape index (κ2) is 8.45. The maximum absolute atomic E-state index is 14.8. The van der Waals surface area contributed by atoms with Gasteiger partial charge >= 0.3 is 0 Å². The summed E-state index contributed by atoms with van der Waals surface area (Å²) < 4.78 is 12.6. The fraction of sp³-hybridized carbons (Fsp3) is 0.188. The standard InChI is InChI=1S/C32H22Cl2O4/c33-21-11-13-25-23(15-21)29(35)31(17-37-25)27(19-7-3-1-4-8-19)28(20-9-5-2-6-10-20)32(31)18-38-26-14-12-22(34)16-24(26)30(32)36/h1-16,27-28H,17-18H2. The summed E-state index contributed by atoms with van der Waals surface area (Å²) in [5, 5.41) is 0.871. The quantitative estimate of drug-likeness (QED) is 0.266. The number of carbonyl (C=O) groups is 2. The smallest absolute Gasteiger partial charge is 0.178 e. The van der Waals surface area contributed by atoms with Crippen LogP contribution in [-0.2, 0) is 0 Å². The molecule has 4 nitrogen and oxygen atoms in total. The number of carbonyl (C=O) groups excluding carboxylic acids is 2. The number of fused-ring (bicyclic) bond motifs is 3. The molecule has 7 rings (SSSR count). The minimum Gasteiger partial charge on any atom is -0.492 e. The zero-order chi connectivity index (χ0) is 26.1. The molecule has 4 aromatic rings. The summed E-state index contributed by atoms with van der Waals surface area (Å²) in [6, 6.07) is 30.0. The Labute approximate surface area is 230 Å². The van der Waals surface area contributed by atoms with E-state index in [1.165, 1.54) is 0 Å². The van der Waals surface area contributed by atoms with Crippen LogP contribution < -0.4 is 9.47 Å². The van der Waals surface area contributed by atoms with E-state index in [1.807, 2.05) is 60.7 Å². The predicted molar refractivity (Wildman–Crippen MR) is 146 cm³/mol. The largest absolute Gasteiger partial charge is 0.492 e. The Hall–Kier alpha value is -3.60. The lowest BCUT2D eigenvalue weighted by molar-refractivity contribution is -0.124. The highest BCUT2D eigenvalue weighted by Crippen LogP contribution is 2.76. The highest BCUT2D eigenvalue weighted by Gasteiger charge is 2.80. The predicted octanol–water partition coefficient (Wildman–Crippen LogP) is 7.40. The molecule has 4 unspecified atom stereocenters. The number of hydrogen-bond donors (Lipinski definition) is 0. The molecule has 188 valence electrons. The Bertz CT molecular complexity index is 1480. The van der Waals surface area contributed by atoms with E-state index in [-0.39, 0.29) is 36.6 Å². The molecule has 2 spiro atoms. The van der Waals surface area contributed by atoms with Crippen LogP contribution in [0.25, 0.3) is 0 Å². The summed E-state index contributed by atoms with van der Waals surface area (Å²) in [4.78, 5) is 29.5. The molecule has 1 saturated carbocycles. The normalized spacial score (nSPS) is 27.2. The zero-order valence-corrected chi connectivity index (χ0v) is 21.7. The average Bonchev–Trinajstić information content (AvgIpc) is 2.94. The van der Waals surface area contributed by atoms with Gasteiger partial charge < -0.3 is 9.47 Å². The summed E-state index contributed by atoms with van der Waals surface area (Å²) in [5.74, 6) is -0.0157. The van der Waals surface area contributed by atoms with Crippen molar-refractivity contribution in [1.82, 2.24) is 0 Å². The van der Waals surface area contributed by atoms with E-state index < -0.39 is 10.8 Å². The first-order chi connectivity index (χ1) is 18.5. The van der Waals surface area contributed by atoms with Crippen LogP contribution in [0.5, 0.6) is 11.5 Å². The fourth-order valence-corrected chi connectivity index (χ4v) is 7.38. The molecule has 2 aliphatic heterocycles. The van der Waals surface area contributed by atoms with Gasteiger partial charge in [-0.15, -0.1) is 0 Å². The Morgan fingerprint density at radius 1 is 0.579 bits per heavy atom. The van der Waals surface area contributed by atoms with Crippen molar-refractivity contribution in [2.75, 3.05) is 13.2 Å². The molecule has 3 aliphatic rings. The molecule has 0 aromatic heterocycles. The van der Waals surface area contributed by atoms with Crippen LogP contribution in [-0.4, -0.2) is 24.8 Å². The highest BCUT2D eigenvalue weighted by molar-refractivity contribution is 6.32. The third-order valence-corrected chi connectivity index (χ3v) is 9.07. The first kappa shape index (κ1) is 23.5. The molecule has 1 fully saturated rings. The summed E-state index contributed by atoms with van der Waals surface area (Å²) in [7, 11) is 0. The lowest BCUT2D eigenvalue weighted by Crippen LogP contribution is -2.75. The molecule has 0 amide bonds. The topological polar surface area (TPSA) is 52.6 Å². The average molecular weight is 541 g/mol. The van der Waals surface area contributed by atoms with Crippen molar-refractivity contribution >= 4 is 34.8 Å². The fourth-order valence-electron chi connectivity index (χ4n) is 7.03. The van der Waals surface area contributed by atoms with Crippen LogP contribution in [0, 0.1) is 10.8 Å². The van der Waals surface area contributed by atoms with Gasteiger partial charge in [0.15, 0.2) is 11.6 Å². The van der Waals surface area contributed by atoms with Gasteiger partial charge in [0, 0.05) is 21.9 Å². The lowest BCUT2D eigenvalue weighted by atomic mass is 9.32. The van der Waals surface area contributed by atoms with E-state index in [1.54, 1.807) is 36.4 Å². The minimum absolute atomic E-state index is 0.0500. The minimum atomic E-state index is -1.22. The van der Waals surface area contributed by atoms with Crippen molar-refractivity contribution in [1.29, 1.82) is 0 Å². The van der Waals surface area contributed by atoms with Gasteiger partial charge in [0.05, 0.1) is 22.0 Å². The van der Waals surface area contributed by atoms with Crippen molar-refractivity contribution in [3.63, 3.8) is 0 Å². The van der Waals surface area contributed by atoms with Crippen LogP contribution in [0.3, 0.4) is 0 Å². The van der Waals surface area contributed by atoms with Gasteiger partial charge in [-0.3, -0.25) is 9.59 Å². The summed E-state index contributed by atoms with van der Waals surface area (Å²) in [6.07, 6.45) is 0. The first-order valence-corrected chi connectivity index (χ1v) is 13.3. The molecule has 0 saturated heterocycles. The number of halogens is 2. The molecule has 6 heteroatoms. The van der Waals surface area contributed by atoms with Gasteiger partial charge in [0.2, 0.25) is 0 Å². The molecule has 0 bridgehead atoms. The summed E-state index contributed by atoms with van der Waals surface area (Å²) in [5.41, 5.74) is 0.284. The lowest BCUT2D eigenvalue weighted by Gasteiger charge is -2.68. The van der Waals surface area contributed by atoms with Crippen LogP contribution in [0.15, 0.2) is 97.1 Å². The molecule has 4 aromatic carbocycles. The number of rotatable bonds is 2. The van der Waals surface area contributed by atoms with Crippen molar-refractivity contribution in [3.8, 4) is 11.5 Å². The monoisotopic (exact) mass is 540 g/mol. The molecular weight excluding hydrogens is 519 g/mol. The number of ether oxygens (including phenoxy) is 2. The molecule has 4 atom stereocenters. The Kier molecular flexibility index (Phi) is 5.23. The Morgan fingerprint density at radius 2 is 0.974 bits per heavy atom. The van der Waals surface area contributed by atoms with Crippen LogP contribution >= 0.6 is 23.2 Å². The number of Topliss-reactive ketones (excluding diaryl/α,β-unsaturated/α-hetero) is 2. The van der Waals surface area contributed by atoms with E-state index >= 15 is 0 Å². The second-order valence-electron chi connectivity index (χ2n) is 10.2. The molecular formula is C32H22Cl2O4. The van der Waals surface area contributed by atoms with Gasteiger partial charge in [-0.1, -0.05) is 83.9 Å². The summed E-state index contributed by atoms with van der Waals surface area (Å²) in [6.45, 7) is 0.0999. The van der Waals surface area contributed by atoms with E-state index in [2.05, 4.69) is 0 Å². The number of ketones is 2. The highest BCUT2D eigenvalue weighted by atomic mass is 35.5. The number of benzene rings is 4. The second-order valence-corrected chi connectivity index (χ2v) is 11.1. The maximum Gasteiger partial charge on any atom is 0.178 e. The van der Waals surface area contributed by atoms with Crippen molar-refractivity contribution in [2.24, 2.45) is 10.8 Å². The van der Waals surface area contributed by atoms with Crippen molar-refractivity contribution in [2.45, 2.75) is 11.8 Å². The maximum atomic E-state index is 14.8. The third-order valence-electron chi connectivity index (χ3n) is 8.60. The molecule has 1 aliphatic carbocycles. The molecule has 0 N–H and O–H groups in total. The van der Waals surface area contributed by atoms with Crippen LogP contribution in [0.1, 0.15) is 43.7 Å². The molecule has 38 heavy (non-hydrogen) atoms. The van der Waals surface area contributed by atoms with Gasteiger partial charge in [-0.25, -0.2) is 0 Å². The zero-order valence-electron chi connectivity index (χ0n) is 20.2. The van der Waals surface area contributed by atoms with Crippen molar-refractivity contribution in [3.05, 3.63) is 129 Å². The van der Waals surface area contributed by atoms with Gasteiger partial charge in [0.1, 0.15) is 24.7 Å². The van der Waals surface area contributed by atoms with Crippen molar-refractivity contribution < 1.29 is 19.1 Å². The van der Waals surface area contributed by atoms with Gasteiger partial charge in [-0.05, 0) is 47.5 Å². The van der Waals surface area contributed by atoms with Gasteiger partial charge in [-0.2, -0.15) is 0 Å². The molecule has 0 radical (unpaired) electrons. The third kappa shape index (κ3) is 2.99. The van der Waals surface area contributed by atoms with E-state index in [0.29, 0.717) is 32.7 Å². The van der Waals surface area contributed by atoms with E-state index in [4.69, 9.17) is 32.7 Å². The summed E-state index contributed by atoms with van der Waals surface area (Å²) >= 11 is 12.7. The Morgan fingerprint density at radius 3 is 1.37 bits per heavy atom. The van der Waals surface area contributed by atoms with Crippen LogP contribution in [0.4, 0.5) is 0 Å². The SMILES string of the molecule is O=C1c2cc(Cl)ccc2OCC12C(c1ccccc1)C(c1ccccc1)C21COc2ccc(Cl)cc2C1=O. The number of hydrogen-bond acceptors (Lipinski definition) is 4. The molecule has 2 heterocycles. The Balaban J connectivity index is 1.52. The first-order valence-electron chi connectivity index (χ1n) is 12.5.